The summed E-state index contributed by atoms with van der Waals surface area (Å²) < 4.78 is 0. The Hall–Kier alpha value is -0.300. The summed E-state index contributed by atoms with van der Waals surface area (Å²) in [6, 6.07) is 0. The average Bonchev–Trinajstić information content (AvgIpc) is 2.54. The van der Waals surface area contributed by atoms with Crippen LogP contribution in [0.2, 0.25) is 0 Å². The maximum absolute atomic E-state index is 8.69. The third-order valence-corrected chi connectivity index (χ3v) is 4.42. The zero-order chi connectivity index (χ0) is 16.1. The van der Waals surface area contributed by atoms with Gasteiger partial charge in [-0.15, -0.1) is 0 Å². The summed E-state index contributed by atoms with van der Waals surface area (Å²) >= 11 is 0. The minimum Gasteiger partial charge on any atom is -0.396 e. The standard InChI is InChI=1S/C21H42O/c1-2-3-4-5-6-7-8-9-10-11-12-13-14-15-16-17-18-19-20-21-22/h12-13,22H,2-11,14-21H2,1H3. The van der Waals surface area contributed by atoms with Crippen molar-refractivity contribution in [1.29, 1.82) is 0 Å². The van der Waals surface area contributed by atoms with E-state index in [1.807, 2.05) is 0 Å². The van der Waals surface area contributed by atoms with Crippen molar-refractivity contribution in [2.75, 3.05) is 6.61 Å². The molecule has 22 heavy (non-hydrogen) atoms. The first kappa shape index (κ1) is 21.7. The van der Waals surface area contributed by atoms with E-state index in [1.54, 1.807) is 0 Å². The van der Waals surface area contributed by atoms with Gasteiger partial charge in [0.25, 0.3) is 0 Å². The number of hydrogen-bond donors (Lipinski definition) is 1. The Bertz CT molecular complexity index is 210. The van der Waals surface area contributed by atoms with Crippen molar-refractivity contribution in [3.05, 3.63) is 12.2 Å². The third-order valence-electron chi connectivity index (χ3n) is 4.42. The van der Waals surface area contributed by atoms with Crippen LogP contribution in [-0.2, 0) is 0 Å². The van der Waals surface area contributed by atoms with E-state index in [0.717, 1.165) is 6.42 Å². The first-order chi connectivity index (χ1) is 10.9. The second-order valence-electron chi connectivity index (χ2n) is 6.72. The Kier molecular flexibility index (Phi) is 20.4. The predicted molar refractivity (Wildman–Crippen MR) is 100 cm³/mol. The summed E-state index contributed by atoms with van der Waals surface area (Å²) in [5.74, 6) is 0. The van der Waals surface area contributed by atoms with Gasteiger partial charge in [-0.1, -0.05) is 96.1 Å². The van der Waals surface area contributed by atoms with Crippen LogP contribution in [0.3, 0.4) is 0 Å². The topological polar surface area (TPSA) is 20.2 Å². The number of rotatable bonds is 18. The first-order valence-electron chi connectivity index (χ1n) is 10.2. The van der Waals surface area contributed by atoms with Gasteiger partial charge in [0.15, 0.2) is 0 Å². The molecule has 0 radical (unpaired) electrons. The molecule has 0 aromatic carbocycles. The van der Waals surface area contributed by atoms with Crippen LogP contribution in [-0.4, -0.2) is 11.7 Å². The van der Waals surface area contributed by atoms with Gasteiger partial charge >= 0.3 is 0 Å². The smallest absolute Gasteiger partial charge is 0.0431 e. The molecule has 1 N–H and O–H groups in total. The second kappa shape index (κ2) is 20.7. The van der Waals surface area contributed by atoms with Crippen molar-refractivity contribution in [2.24, 2.45) is 0 Å². The van der Waals surface area contributed by atoms with Gasteiger partial charge in [0.1, 0.15) is 0 Å². The van der Waals surface area contributed by atoms with Gasteiger partial charge in [-0.3, -0.25) is 0 Å². The van der Waals surface area contributed by atoms with Gasteiger partial charge < -0.3 is 5.11 Å². The van der Waals surface area contributed by atoms with Crippen molar-refractivity contribution in [3.63, 3.8) is 0 Å². The summed E-state index contributed by atoms with van der Waals surface area (Å²) in [7, 11) is 0. The van der Waals surface area contributed by atoms with Crippen molar-refractivity contribution in [2.45, 2.75) is 116 Å². The molecule has 0 rings (SSSR count). The summed E-state index contributed by atoms with van der Waals surface area (Å²) in [5, 5.41) is 8.69. The first-order valence-corrected chi connectivity index (χ1v) is 10.2. The second-order valence-corrected chi connectivity index (χ2v) is 6.72. The highest BCUT2D eigenvalue weighted by atomic mass is 16.2. The highest BCUT2D eigenvalue weighted by molar-refractivity contribution is 4.81. The van der Waals surface area contributed by atoms with Gasteiger partial charge in [0.2, 0.25) is 0 Å². The summed E-state index contributed by atoms with van der Waals surface area (Å²) in [6.07, 6.45) is 27.7. The lowest BCUT2D eigenvalue weighted by atomic mass is 10.1. The van der Waals surface area contributed by atoms with Crippen molar-refractivity contribution in [1.82, 2.24) is 0 Å². The zero-order valence-corrected chi connectivity index (χ0v) is 15.3. The van der Waals surface area contributed by atoms with E-state index >= 15 is 0 Å². The quantitative estimate of drug-likeness (QED) is 0.210. The van der Waals surface area contributed by atoms with Crippen LogP contribution in [0, 0.1) is 0 Å². The Morgan fingerprint density at radius 2 is 0.864 bits per heavy atom. The predicted octanol–water partition coefficient (Wildman–Crippen LogP) is 7.19. The molecule has 1 nitrogen and oxygen atoms in total. The van der Waals surface area contributed by atoms with Gasteiger partial charge in [-0.25, -0.2) is 0 Å². The molecule has 0 saturated heterocycles. The molecule has 0 heterocycles. The van der Waals surface area contributed by atoms with Gasteiger partial charge in [0.05, 0.1) is 0 Å². The maximum Gasteiger partial charge on any atom is 0.0431 e. The minimum absolute atomic E-state index is 0.363. The normalized spacial score (nSPS) is 11.5. The van der Waals surface area contributed by atoms with Crippen LogP contribution in [0.15, 0.2) is 12.2 Å². The van der Waals surface area contributed by atoms with Crippen LogP contribution in [0.4, 0.5) is 0 Å². The molecular formula is C21H42O. The fraction of sp³-hybridized carbons (Fsp3) is 0.905. The average molecular weight is 311 g/mol. The molecule has 0 saturated carbocycles. The molecule has 0 aromatic heterocycles. The molecule has 0 bridgehead atoms. The van der Waals surface area contributed by atoms with Crippen molar-refractivity contribution >= 4 is 0 Å². The van der Waals surface area contributed by atoms with E-state index in [0.29, 0.717) is 6.61 Å². The maximum atomic E-state index is 8.69. The minimum atomic E-state index is 0.363. The van der Waals surface area contributed by atoms with Gasteiger partial charge in [-0.2, -0.15) is 0 Å². The van der Waals surface area contributed by atoms with E-state index in [-0.39, 0.29) is 0 Å². The number of unbranched alkanes of at least 4 members (excludes halogenated alkanes) is 15. The van der Waals surface area contributed by atoms with Crippen LogP contribution in [0.5, 0.6) is 0 Å². The fourth-order valence-electron chi connectivity index (χ4n) is 2.89. The highest BCUT2D eigenvalue weighted by Crippen LogP contribution is 2.11. The molecular weight excluding hydrogens is 268 g/mol. The SMILES string of the molecule is CCCCCCCCCCCC=CCCCCCCCCO. The highest BCUT2D eigenvalue weighted by Gasteiger charge is 1.92. The lowest BCUT2D eigenvalue weighted by Gasteiger charge is -2.00. The number of allylic oxidation sites excluding steroid dienone is 2. The number of aliphatic hydroxyl groups excluding tert-OH is 1. The molecule has 0 fully saturated rings. The molecule has 0 aliphatic carbocycles. The van der Waals surface area contributed by atoms with E-state index in [4.69, 9.17) is 5.11 Å². The van der Waals surface area contributed by atoms with Crippen LogP contribution < -0.4 is 0 Å². The Morgan fingerprint density at radius 1 is 0.500 bits per heavy atom. The molecule has 1 heteroatoms. The Morgan fingerprint density at radius 3 is 1.27 bits per heavy atom. The van der Waals surface area contributed by atoms with E-state index < -0.39 is 0 Å². The molecule has 0 aliphatic rings. The molecule has 0 aromatic rings. The van der Waals surface area contributed by atoms with Crippen molar-refractivity contribution < 1.29 is 5.11 Å². The third kappa shape index (κ3) is 19.7. The van der Waals surface area contributed by atoms with Crippen LogP contribution in [0.1, 0.15) is 116 Å². The molecule has 0 amide bonds. The molecule has 0 aliphatic heterocycles. The molecule has 0 atom stereocenters. The zero-order valence-electron chi connectivity index (χ0n) is 15.3. The van der Waals surface area contributed by atoms with Gasteiger partial charge in [-0.05, 0) is 32.1 Å². The fourth-order valence-corrected chi connectivity index (χ4v) is 2.89. The van der Waals surface area contributed by atoms with Crippen LogP contribution in [0.25, 0.3) is 0 Å². The molecule has 0 spiro atoms. The van der Waals surface area contributed by atoms with Gasteiger partial charge in [0, 0.05) is 6.61 Å². The van der Waals surface area contributed by atoms with E-state index in [9.17, 15) is 0 Å². The van der Waals surface area contributed by atoms with E-state index in [2.05, 4.69) is 19.1 Å². The lowest BCUT2D eigenvalue weighted by Crippen LogP contribution is -1.83. The van der Waals surface area contributed by atoms with Crippen LogP contribution >= 0.6 is 0 Å². The summed E-state index contributed by atoms with van der Waals surface area (Å²) in [4.78, 5) is 0. The summed E-state index contributed by atoms with van der Waals surface area (Å²) in [5.41, 5.74) is 0. The van der Waals surface area contributed by atoms with E-state index in [1.165, 1.54) is 103 Å². The largest absolute Gasteiger partial charge is 0.396 e. The summed E-state index contributed by atoms with van der Waals surface area (Å²) in [6.45, 7) is 2.65. The number of aliphatic hydroxyl groups is 1. The Balaban J connectivity index is 3.02. The lowest BCUT2D eigenvalue weighted by molar-refractivity contribution is 0.282. The monoisotopic (exact) mass is 310 g/mol. The van der Waals surface area contributed by atoms with Crippen molar-refractivity contribution in [3.8, 4) is 0 Å². The Labute approximate surface area is 140 Å². The number of hydrogen-bond acceptors (Lipinski definition) is 1. The molecule has 0 unspecified atom stereocenters. The molecule has 132 valence electrons.